The summed E-state index contributed by atoms with van der Waals surface area (Å²) in [5.74, 6) is 0.261. The molecule has 0 bridgehead atoms. The molecule has 118 valence electrons. The molecule has 2 rings (SSSR count). The average Bonchev–Trinajstić information content (AvgIpc) is 2.41. The highest BCUT2D eigenvalue weighted by Crippen LogP contribution is 2.35. The summed E-state index contributed by atoms with van der Waals surface area (Å²) in [5.41, 5.74) is 0.349. The molecule has 0 aromatic carbocycles. The number of rotatable bonds is 4. The maximum Gasteiger partial charge on any atom is 0.279 e. The summed E-state index contributed by atoms with van der Waals surface area (Å²) in [7, 11) is -3.35. The van der Waals surface area contributed by atoms with Crippen LogP contribution in [-0.4, -0.2) is 43.6 Å². The Hall–Kier alpha value is -0.170. The summed E-state index contributed by atoms with van der Waals surface area (Å²) in [6, 6.07) is 0.0867. The molecule has 20 heavy (non-hydrogen) atoms. The molecule has 1 saturated carbocycles. The standard InChI is InChI=1S/C14H28N2O3S/c1-14(2)7-3-13(4-8-14)15-20(18,19)16-9-5-12(11-17)6-10-16/h12-13,15,17H,3-11H2,1-2H3. The highest BCUT2D eigenvalue weighted by molar-refractivity contribution is 7.87. The van der Waals surface area contributed by atoms with Gasteiger partial charge in [0.25, 0.3) is 10.2 Å². The summed E-state index contributed by atoms with van der Waals surface area (Å²) in [4.78, 5) is 0. The van der Waals surface area contributed by atoms with Gasteiger partial charge in [-0.3, -0.25) is 0 Å². The highest BCUT2D eigenvalue weighted by atomic mass is 32.2. The van der Waals surface area contributed by atoms with Crippen molar-refractivity contribution in [1.82, 2.24) is 9.03 Å². The van der Waals surface area contributed by atoms with Crippen molar-refractivity contribution in [3.8, 4) is 0 Å². The number of nitrogens with one attached hydrogen (secondary N) is 1. The SMILES string of the molecule is CC1(C)CCC(NS(=O)(=O)N2CCC(CO)CC2)CC1. The lowest BCUT2D eigenvalue weighted by Crippen LogP contribution is -2.49. The van der Waals surface area contributed by atoms with Gasteiger partial charge in [0.2, 0.25) is 0 Å². The molecular formula is C14H28N2O3S. The molecule has 0 spiro atoms. The Morgan fingerprint density at radius 1 is 1.15 bits per heavy atom. The molecule has 1 aliphatic carbocycles. The largest absolute Gasteiger partial charge is 0.396 e. The summed E-state index contributed by atoms with van der Waals surface area (Å²) < 4.78 is 29.1. The minimum atomic E-state index is -3.35. The van der Waals surface area contributed by atoms with E-state index in [-0.39, 0.29) is 18.6 Å². The first-order chi connectivity index (χ1) is 9.32. The van der Waals surface area contributed by atoms with Gasteiger partial charge in [0, 0.05) is 25.7 Å². The Balaban J connectivity index is 1.86. The Morgan fingerprint density at radius 2 is 1.70 bits per heavy atom. The fraction of sp³-hybridized carbons (Fsp3) is 1.00. The summed E-state index contributed by atoms with van der Waals surface area (Å²) in [5, 5.41) is 9.11. The maximum absolute atomic E-state index is 12.4. The van der Waals surface area contributed by atoms with Crippen LogP contribution < -0.4 is 4.72 Å². The van der Waals surface area contributed by atoms with E-state index < -0.39 is 10.2 Å². The van der Waals surface area contributed by atoms with Crippen LogP contribution in [0.5, 0.6) is 0 Å². The molecule has 1 aliphatic heterocycles. The Bertz CT molecular complexity index is 404. The summed E-state index contributed by atoms with van der Waals surface area (Å²) in [6.07, 6.45) is 5.53. The van der Waals surface area contributed by atoms with Gasteiger partial charge in [0.05, 0.1) is 0 Å². The van der Waals surface area contributed by atoms with Crippen LogP contribution in [0.3, 0.4) is 0 Å². The third kappa shape index (κ3) is 4.16. The fourth-order valence-electron chi connectivity index (χ4n) is 3.13. The van der Waals surface area contributed by atoms with Gasteiger partial charge in [-0.2, -0.15) is 17.4 Å². The van der Waals surface area contributed by atoms with Crippen LogP contribution in [0.25, 0.3) is 0 Å². The zero-order valence-corrected chi connectivity index (χ0v) is 13.5. The van der Waals surface area contributed by atoms with Crippen LogP contribution in [0.1, 0.15) is 52.4 Å². The van der Waals surface area contributed by atoms with Gasteiger partial charge in [-0.1, -0.05) is 13.8 Å². The average molecular weight is 304 g/mol. The van der Waals surface area contributed by atoms with Crippen molar-refractivity contribution in [3.63, 3.8) is 0 Å². The highest BCUT2D eigenvalue weighted by Gasteiger charge is 2.32. The van der Waals surface area contributed by atoms with Gasteiger partial charge >= 0.3 is 0 Å². The van der Waals surface area contributed by atoms with Crippen LogP contribution >= 0.6 is 0 Å². The van der Waals surface area contributed by atoms with Crippen molar-refractivity contribution >= 4 is 10.2 Å². The van der Waals surface area contributed by atoms with Crippen molar-refractivity contribution in [2.45, 2.75) is 58.4 Å². The first-order valence-corrected chi connectivity index (χ1v) is 9.15. The minimum Gasteiger partial charge on any atom is -0.396 e. The maximum atomic E-state index is 12.4. The molecule has 6 heteroatoms. The second-order valence-electron chi connectivity index (χ2n) is 7.09. The predicted octanol–water partition coefficient (Wildman–Crippen LogP) is 1.49. The van der Waals surface area contributed by atoms with E-state index in [0.717, 1.165) is 38.5 Å². The van der Waals surface area contributed by atoms with Gasteiger partial charge in [-0.15, -0.1) is 0 Å². The molecule has 0 aromatic heterocycles. The van der Waals surface area contributed by atoms with Crippen molar-refractivity contribution in [1.29, 1.82) is 0 Å². The quantitative estimate of drug-likeness (QED) is 0.827. The molecule has 0 amide bonds. The van der Waals surface area contributed by atoms with Crippen molar-refractivity contribution in [3.05, 3.63) is 0 Å². The van der Waals surface area contributed by atoms with Crippen LogP contribution in [0.2, 0.25) is 0 Å². The molecule has 5 nitrogen and oxygen atoms in total. The Kier molecular flexibility index (Phi) is 5.10. The number of aliphatic hydroxyl groups excluding tert-OH is 1. The summed E-state index contributed by atoms with van der Waals surface area (Å²) >= 11 is 0. The van der Waals surface area contributed by atoms with Gasteiger partial charge in [0.15, 0.2) is 0 Å². The first kappa shape index (κ1) is 16.2. The van der Waals surface area contributed by atoms with E-state index in [1.165, 1.54) is 0 Å². The second kappa shape index (κ2) is 6.30. The first-order valence-electron chi connectivity index (χ1n) is 7.71. The van der Waals surface area contributed by atoms with E-state index in [2.05, 4.69) is 18.6 Å². The molecule has 0 unspecified atom stereocenters. The van der Waals surface area contributed by atoms with Crippen LogP contribution in [0, 0.1) is 11.3 Å². The molecule has 2 fully saturated rings. The van der Waals surface area contributed by atoms with Crippen LogP contribution in [0.4, 0.5) is 0 Å². The van der Waals surface area contributed by atoms with Crippen molar-refractivity contribution in [2.75, 3.05) is 19.7 Å². The second-order valence-corrected chi connectivity index (χ2v) is 8.79. The lowest BCUT2D eigenvalue weighted by molar-refractivity contribution is 0.168. The number of hydrogen-bond donors (Lipinski definition) is 2. The lowest BCUT2D eigenvalue weighted by Gasteiger charge is -2.36. The molecule has 1 saturated heterocycles. The molecular weight excluding hydrogens is 276 g/mol. The monoisotopic (exact) mass is 304 g/mol. The van der Waals surface area contributed by atoms with Crippen LogP contribution in [0.15, 0.2) is 0 Å². The van der Waals surface area contributed by atoms with Gasteiger partial charge in [0.1, 0.15) is 0 Å². The zero-order valence-electron chi connectivity index (χ0n) is 12.6. The van der Waals surface area contributed by atoms with E-state index in [1.807, 2.05) is 0 Å². The topological polar surface area (TPSA) is 69.6 Å². The lowest BCUT2D eigenvalue weighted by atomic mass is 9.76. The van der Waals surface area contributed by atoms with Gasteiger partial charge in [-0.25, -0.2) is 0 Å². The molecule has 2 aliphatic rings. The Morgan fingerprint density at radius 3 is 2.20 bits per heavy atom. The number of aliphatic hydroxyl groups is 1. The molecule has 1 heterocycles. The van der Waals surface area contributed by atoms with E-state index in [4.69, 9.17) is 5.11 Å². The predicted molar refractivity (Wildman–Crippen MR) is 79.5 cm³/mol. The number of piperidine rings is 1. The number of hydrogen-bond acceptors (Lipinski definition) is 3. The van der Waals surface area contributed by atoms with E-state index in [9.17, 15) is 8.42 Å². The Labute approximate surface area is 122 Å². The smallest absolute Gasteiger partial charge is 0.279 e. The molecule has 2 N–H and O–H groups in total. The fourth-order valence-corrected chi connectivity index (χ4v) is 4.63. The number of nitrogens with zero attached hydrogens (tertiary/aromatic N) is 1. The third-order valence-electron chi connectivity index (χ3n) is 4.83. The van der Waals surface area contributed by atoms with E-state index in [1.54, 1.807) is 4.31 Å². The summed E-state index contributed by atoms with van der Waals surface area (Å²) in [6.45, 7) is 5.71. The zero-order chi connectivity index (χ0) is 14.8. The van der Waals surface area contributed by atoms with Gasteiger partial charge in [-0.05, 0) is 49.9 Å². The molecule has 0 radical (unpaired) electrons. The van der Waals surface area contributed by atoms with Crippen LogP contribution in [-0.2, 0) is 10.2 Å². The van der Waals surface area contributed by atoms with E-state index >= 15 is 0 Å². The van der Waals surface area contributed by atoms with E-state index in [0.29, 0.717) is 18.5 Å². The van der Waals surface area contributed by atoms with Crippen molar-refractivity contribution in [2.24, 2.45) is 11.3 Å². The van der Waals surface area contributed by atoms with Gasteiger partial charge < -0.3 is 5.11 Å². The minimum absolute atomic E-state index is 0.0867. The normalized spacial score (nSPS) is 26.8. The molecule has 0 atom stereocenters. The molecule has 0 aromatic rings. The third-order valence-corrected chi connectivity index (χ3v) is 6.50. The van der Waals surface area contributed by atoms with Crippen molar-refractivity contribution < 1.29 is 13.5 Å².